The lowest BCUT2D eigenvalue weighted by atomic mass is 10.1. The average molecular weight is 462 g/mol. The van der Waals surface area contributed by atoms with Crippen LogP contribution in [0.3, 0.4) is 0 Å². The highest BCUT2D eigenvalue weighted by atomic mass is 32.2. The van der Waals surface area contributed by atoms with E-state index in [1.807, 2.05) is 12.1 Å². The number of sulfonamides is 1. The molecule has 1 aromatic carbocycles. The van der Waals surface area contributed by atoms with E-state index in [9.17, 15) is 13.2 Å². The van der Waals surface area contributed by atoms with Gasteiger partial charge in [0.25, 0.3) is 0 Å². The largest absolute Gasteiger partial charge is 0.468 e. The number of hydrogen-bond donors (Lipinski definition) is 1. The van der Waals surface area contributed by atoms with Crippen molar-refractivity contribution in [3.63, 3.8) is 0 Å². The van der Waals surface area contributed by atoms with Crippen molar-refractivity contribution >= 4 is 15.9 Å². The van der Waals surface area contributed by atoms with Crippen LogP contribution in [0.1, 0.15) is 36.6 Å². The van der Waals surface area contributed by atoms with Crippen LogP contribution in [0.2, 0.25) is 0 Å². The zero-order valence-corrected chi connectivity index (χ0v) is 19.1. The molecule has 0 aliphatic carbocycles. The summed E-state index contributed by atoms with van der Waals surface area (Å²) in [6, 6.07) is 10.7. The molecular formula is C23H31N3O5S. The van der Waals surface area contributed by atoms with E-state index in [1.54, 1.807) is 30.5 Å². The molecular weight excluding hydrogens is 430 g/mol. The van der Waals surface area contributed by atoms with Gasteiger partial charge in [0.15, 0.2) is 0 Å². The summed E-state index contributed by atoms with van der Waals surface area (Å²) in [4.78, 5) is 15.1. The number of benzene rings is 1. The van der Waals surface area contributed by atoms with E-state index < -0.39 is 10.0 Å². The van der Waals surface area contributed by atoms with E-state index in [0.29, 0.717) is 45.7 Å². The Labute approximate surface area is 189 Å². The van der Waals surface area contributed by atoms with Crippen LogP contribution in [0.15, 0.2) is 52.0 Å². The van der Waals surface area contributed by atoms with Crippen LogP contribution in [0, 0.1) is 0 Å². The third-order valence-electron chi connectivity index (χ3n) is 6.12. The number of amides is 1. The molecule has 0 saturated carbocycles. The number of aryl methyl sites for hydroxylation is 1. The monoisotopic (exact) mass is 461 g/mol. The zero-order chi connectivity index (χ0) is 22.4. The molecule has 1 N–H and O–H groups in total. The summed E-state index contributed by atoms with van der Waals surface area (Å²) in [7, 11) is -3.50. The standard InChI is InChI=1S/C23H31N3O5S/c27-23(24-18-21(22-4-3-15-31-22)25-11-1-2-12-25)10-7-19-5-8-20(9-6-19)32(28,29)26-13-16-30-17-14-26/h3-6,8-9,15,21H,1-2,7,10-14,16-18H2,(H,24,27). The lowest BCUT2D eigenvalue weighted by molar-refractivity contribution is -0.121. The van der Waals surface area contributed by atoms with Crippen molar-refractivity contribution in [2.45, 2.75) is 36.6 Å². The first-order chi connectivity index (χ1) is 15.5. The fraction of sp³-hybridized carbons (Fsp3) is 0.522. The molecule has 2 saturated heterocycles. The van der Waals surface area contributed by atoms with E-state index in [1.165, 1.54) is 17.1 Å². The number of nitrogens with zero attached hydrogens (tertiary/aromatic N) is 2. The smallest absolute Gasteiger partial charge is 0.243 e. The number of ether oxygens (including phenoxy) is 1. The number of carbonyl (C=O) groups is 1. The van der Waals surface area contributed by atoms with Crippen molar-refractivity contribution in [3.05, 3.63) is 54.0 Å². The summed E-state index contributed by atoms with van der Waals surface area (Å²) in [6.45, 7) is 4.14. The van der Waals surface area contributed by atoms with E-state index in [4.69, 9.17) is 9.15 Å². The molecule has 1 amide bonds. The van der Waals surface area contributed by atoms with Gasteiger partial charge in [-0.15, -0.1) is 0 Å². The summed E-state index contributed by atoms with van der Waals surface area (Å²) in [6.07, 6.45) is 4.91. The van der Waals surface area contributed by atoms with Crippen LogP contribution in [0.5, 0.6) is 0 Å². The highest BCUT2D eigenvalue weighted by molar-refractivity contribution is 7.89. The minimum absolute atomic E-state index is 0.0224. The Balaban J connectivity index is 1.28. The van der Waals surface area contributed by atoms with Crippen LogP contribution in [-0.2, 0) is 26.0 Å². The zero-order valence-electron chi connectivity index (χ0n) is 18.2. The molecule has 174 valence electrons. The Morgan fingerprint density at radius 3 is 2.41 bits per heavy atom. The molecule has 32 heavy (non-hydrogen) atoms. The number of nitrogens with one attached hydrogen (secondary N) is 1. The Morgan fingerprint density at radius 2 is 1.75 bits per heavy atom. The number of furan rings is 1. The van der Waals surface area contributed by atoms with Crippen molar-refractivity contribution in [1.82, 2.24) is 14.5 Å². The van der Waals surface area contributed by atoms with Crippen LogP contribution in [-0.4, -0.2) is 69.5 Å². The summed E-state index contributed by atoms with van der Waals surface area (Å²) >= 11 is 0. The third-order valence-corrected chi connectivity index (χ3v) is 8.03. The summed E-state index contributed by atoms with van der Waals surface area (Å²) in [5.74, 6) is 0.857. The molecule has 9 heteroatoms. The fourth-order valence-corrected chi connectivity index (χ4v) is 5.67. The number of carbonyl (C=O) groups excluding carboxylic acids is 1. The first-order valence-corrected chi connectivity index (χ1v) is 12.7. The lowest BCUT2D eigenvalue weighted by Crippen LogP contribution is -2.40. The number of likely N-dealkylation sites (tertiary alicyclic amines) is 1. The number of morpholine rings is 1. The van der Waals surface area contributed by atoms with Crippen molar-refractivity contribution in [1.29, 1.82) is 0 Å². The molecule has 1 aromatic heterocycles. The molecule has 3 heterocycles. The quantitative estimate of drug-likeness (QED) is 0.616. The van der Waals surface area contributed by atoms with Crippen LogP contribution in [0.4, 0.5) is 0 Å². The van der Waals surface area contributed by atoms with Gasteiger partial charge in [-0.2, -0.15) is 4.31 Å². The Hall–Kier alpha value is -2.20. The van der Waals surface area contributed by atoms with E-state index in [0.717, 1.165) is 24.4 Å². The van der Waals surface area contributed by atoms with Gasteiger partial charge in [-0.1, -0.05) is 12.1 Å². The van der Waals surface area contributed by atoms with Crippen molar-refractivity contribution in [3.8, 4) is 0 Å². The summed E-state index contributed by atoms with van der Waals surface area (Å²) < 4.78 is 37.7. The van der Waals surface area contributed by atoms with Gasteiger partial charge >= 0.3 is 0 Å². The molecule has 2 fully saturated rings. The Kier molecular flexibility index (Phi) is 7.62. The molecule has 1 unspecified atom stereocenters. The van der Waals surface area contributed by atoms with Gasteiger partial charge in [-0.05, 0) is 62.2 Å². The summed E-state index contributed by atoms with van der Waals surface area (Å²) in [5.41, 5.74) is 0.934. The molecule has 2 aromatic rings. The van der Waals surface area contributed by atoms with E-state index >= 15 is 0 Å². The summed E-state index contributed by atoms with van der Waals surface area (Å²) in [5, 5.41) is 3.04. The predicted octanol–water partition coefficient (Wildman–Crippen LogP) is 2.19. The second-order valence-electron chi connectivity index (χ2n) is 8.24. The molecule has 4 rings (SSSR count). The SMILES string of the molecule is O=C(CCc1ccc(S(=O)(=O)N2CCOCC2)cc1)NCC(c1ccco1)N1CCCC1. The Morgan fingerprint density at radius 1 is 1.03 bits per heavy atom. The maximum Gasteiger partial charge on any atom is 0.243 e. The van der Waals surface area contributed by atoms with E-state index in [2.05, 4.69) is 10.2 Å². The highest BCUT2D eigenvalue weighted by Crippen LogP contribution is 2.25. The Bertz CT molecular complexity index is 964. The molecule has 8 nitrogen and oxygen atoms in total. The fourth-order valence-electron chi connectivity index (χ4n) is 4.26. The van der Waals surface area contributed by atoms with Gasteiger partial charge in [0.2, 0.25) is 15.9 Å². The predicted molar refractivity (Wildman–Crippen MR) is 120 cm³/mol. The topological polar surface area (TPSA) is 92.1 Å². The molecule has 1 atom stereocenters. The van der Waals surface area contributed by atoms with Gasteiger partial charge < -0.3 is 14.5 Å². The molecule has 2 aliphatic heterocycles. The van der Waals surface area contributed by atoms with Crippen molar-refractivity contribution in [2.24, 2.45) is 0 Å². The number of rotatable bonds is 9. The van der Waals surface area contributed by atoms with Gasteiger partial charge in [0, 0.05) is 26.1 Å². The maximum atomic E-state index is 12.7. The second-order valence-corrected chi connectivity index (χ2v) is 10.2. The highest BCUT2D eigenvalue weighted by Gasteiger charge is 2.27. The lowest BCUT2D eigenvalue weighted by Gasteiger charge is -2.26. The first kappa shape index (κ1) is 23.0. The second kappa shape index (κ2) is 10.6. The molecule has 0 radical (unpaired) electrons. The van der Waals surface area contributed by atoms with Gasteiger partial charge in [-0.3, -0.25) is 9.69 Å². The maximum absolute atomic E-state index is 12.7. The van der Waals surface area contributed by atoms with Gasteiger partial charge in [-0.25, -0.2) is 8.42 Å². The van der Waals surface area contributed by atoms with Crippen LogP contribution < -0.4 is 5.32 Å². The van der Waals surface area contributed by atoms with Crippen molar-refractivity contribution < 1.29 is 22.4 Å². The van der Waals surface area contributed by atoms with Gasteiger partial charge in [0.05, 0.1) is 30.4 Å². The molecule has 2 aliphatic rings. The van der Waals surface area contributed by atoms with Crippen molar-refractivity contribution in [2.75, 3.05) is 45.9 Å². The average Bonchev–Trinajstić information content (AvgIpc) is 3.54. The number of hydrogen-bond acceptors (Lipinski definition) is 6. The molecule has 0 spiro atoms. The third kappa shape index (κ3) is 5.58. The first-order valence-electron chi connectivity index (χ1n) is 11.2. The molecule has 0 bridgehead atoms. The van der Waals surface area contributed by atoms with E-state index in [-0.39, 0.29) is 16.8 Å². The normalized spacial score (nSPS) is 19.1. The van der Waals surface area contributed by atoms with Gasteiger partial charge in [0.1, 0.15) is 5.76 Å². The van der Waals surface area contributed by atoms with Crippen LogP contribution >= 0.6 is 0 Å². The van der Waals surface area contributed by atoms with Crippen LogP contribution in [0.25, 0.3) is 0 Å². The minimum Gasteiger partial charge on any atom is -0.468 e. The minimum atomic E-state index is -3.50.